The van der Waals surface area contributed by atoms with Crippen LogP contribution in [0.15, 0.2) is 60.9 Å². The third kappa shape index (κ3) is 4.62. The van der Waals surface area contributed by atoms with Gasteiger partial charge >= 0.3 is 0 Å². The van der Waals surface area contributed by atoms with Gasteiger partial charge in [-0.2, -0.15) is 5.10 Å². The summed E-state index contributed by atoms with van der Waals surface area (Å²) in [5.74, 6) is 0.892. The lowest BCUT2D eigenvalue weighted by atomic mass is 9.99. The van der Waals surface area contributed by atoms with Crippen LogP contribution >= 0.6 is 24.8 Å². The van der Waals surface area contributed by atoms with Gasteiger partial charge in [-0.3, -0.25) is 9.59 Å². The molecule has 206 valence electrons. The van der Waals surface area contributed by atoms with Crippen LogP contribution < -0.4 is 16.0 Å². The number of benzene rings is 2. The van der Waals surface area contributed by atoms with Crippen LogP contribution in [0.3, 0.4) is 0 Å². The molecule has 1 aliphatic carbocycles. The number of aromatic nitrogens is 3. The molecule has 2 fully saturated rings. The molecule has 40 heavy (non-hydrogen) atoms. The molecular weight excluding hydrogens is 547 g/mol. The Labute approximate surface area is 244 Å². The number of hydrogen-bond donors (Lipinski definition) is 4. The Kier molecular flexibility index (Phi) is 7.35. The van der Waals surface area contributed by atoms with Crippen LogP contribution in [-0.4, -0.2) is 45.7 Å². The first-order valence-electron chi connectivity index (χ1n) is 13.0. The van der Waals surface area contributed by atoms with Gasteiger partial charge in [-0.25, -0.2) is 4.68 Å². The van der Waals surface area contributed by atoms with Crippen LogP contribution in [-0.2, 0) is 4.79 Å². The summed E-state index contributed by atoms with van der Waals surface area (Å²) in [5.41, 5.74) is 8.16. The number of para-hydroxylation sites is 1. The molecule has 3 aliphatic rings. The second-order valence-corrected chi connectivity index (χ2v) is 10.4. The molecule has 2 aromatic carbocycles. The number of hydrogen-bond acceptors (Lipinski definition) is 4. The highest BCUT2D eigenvalue weighted by Crippen LogP contribution is 2.42. The second kappa shape index (κ2) is 10.6. The zero-order valence-electron chi connectivity index (χ0n) is 22.0. The molecule has 2 aromatic heterocycles. The average Bonchev–Trinajstić information content (AvgIpc) is 3.45. The Morgan fingerprint density at radius 2 is 1.80 bits per heavy atom. The molecule has 4 heterocycles. The summed E-state index contributed by atoms with van der Waals surface area (Å²) < 4.78 is 1.84. The van der Waals surface area contributed by atoms with Crippen LogP contribution in [0.25, 0.3) is 28.5 Å². The van der Waals surface area contributed by atoms with Crippen molar-refractivity contribution >= 4 is 54.0 Å². The average molecular weight is 578 g/mol. The van der Waals surface area contributed by atoms with E-state index in [9.17, 15) is 9.59 Å². The van der Waals surface area contributed by atoms with E-state index in [0.717, 1.165) is 58.1 Å². The van der Waals surface area contributed by atoms with Gasteiger partial charge in [0.25, 0.3) is 11.8 Å². The summed E-state index contributed by atoms with van der Waals surface area (Å²) in [6, 6.07) is 16.1. The summed E-state index contributed by atoms with van der Waals surface area (Å²) in [5, 5.41) is 14.1. The van der Waals surface area contributed by atoms with Crippen molar-refractivity contribution in [2.45, 2.75) is 19.9 Å². The van der Waals surface area contributed by atoms with E-state index in [2.05, 4.69) is 26.0 Å². The highest BCUT2D eigenvalue weighted by atomic mass is 35.5. The van der Waals surface area contributed by atoms with Crippen molar-refractivity contribution in [3.63, 3.8) is 0 Å². The Balaban J connectivity index is 0.00000161. The first-order valence-corrected chi connectivity index (χ1v) is 13.0. The number of carbonyl (C=O) groups is 2. The van der Waals surface area contributed by atoms with Gasteiger partial charge < -0.3 is 20.9 Å². The van der Waals surface area contributed by atoms with Crippen LogP contribution in [0.1, 0.15) is 32.9 Å². The van der Waals surface area contributed by atoms with Crippen LogP contribution in [0.5, 0.6) is 0 Å². The van der Waals surface area contributed by atoms with E-state index in [1.54, 1.807) is 0 Å². The standard InChI is InChI=1S/C30H28N6O2.2ClH/c1-16-26(33-17(2)27(16)30(38)35-28-23-13-31-14-24(23)28)11-22-21-10-18(8-9-25(21)34-29(22)37)19-12-32-36(15-19)20-6-4-3-5-7-20;;/h3-12,15,23-24,28,31,33H,13-14H2,1-2H3,(H,34,37)(H,35,38);2*1H/b22-11-;;/t23-,24+,28?;;. The number of rotatable bonds is 5. The SMILES string of the molecule is Cc1[nH]c(/C=C2\C(=O)Nc3ccc(-c4cnn(-c5ccccc5)c4)cc32)c(C)c1C(=O)NC1[C@H]2CNC[C@@H]12.Cl.Cl. The summed E-state index contributed by atoms with van der Waals surface area (Å²) in [4.78, 5) is 29.4. The predicted octanol–water partition coefficient (Wildman–Crippen LogP) is 4.77. The number of aromatic amines is 1. The van der Waals surface area contributed by atoms with Crippen molar-refractivity contribution in [2.24, 2.45) is 11.8 Å². The smallest absolute Gasteiger partial charge is 0.256 e. The van der Waals surface area contributed by atoms with E-state index >= 15 is 0 Å². The number of piperidine rings is 1. The van der Waals surface area contributed by atoms with Gasteiger partial charge in [0.05, 0.1) is 23.0 Å². The molecule has 8 nitrogen and oxygen atoms in total. The van der Waals surface area contributed by atoms with Gasteiger partial charge in [0.1, 0.15) is 0 Å². The summed E-state index contributed by atoms with van der Waals surface area (Å²) >= 11 is 0. The first-order chi connectivity index (χ1) is 18.5. The highest BCUT2D eigenvalue weighted by Gasteiger charge is 2.53. The molecule has 7 rings (SSSR count). The molecule has 10 heteroatoms. The van der Waals surface area contributed by atoms with Crippen molar-refractivity contribution in [3.05, 3.63) is 89.0 Å². The minimum absolute atomic E-state index is 0. The van der Waals surface area contributed by atoms with Crippen molar-refractivity contribution in [2.75, 3.05) is 18.4 Å². The molecule has 1 unspecified atom stereocenters. The molecule has 0 bridgehead atoms. The lowest BCUT2D eigenvalue weighted by Crippen LogP contribution is -2.33. The molecule has 1 saturated carbocycles. The van der Waals surface area contributed by atoms with Gasteiger partial charge in [-0.15, -0.1) is 24.8 Å². The van der Waals surface area contributed by atoms with E-state index in [1.807, 2.05) is 85.5 Å². The normalized spacial score (nSPS) is 21.2. The Bertz CT molecular complexity index is 1630. The number of fused-ring (bicyclic) bond motifs is 2. The number of nitrogens with zero attached hydrogens (tertiary/aromatic N) is 2. The van der Waals surface area contributed by atoms with Gasteiger partial charge in [0, 0.05) is 53.5 Å². The minimum atomic E-state index is -0.159. The molecular formula is C30H30Cl2N6O2. The van der Waals surface area contributed by atoms with Gasteiger partial charge in [0.15, 0.2) is 0 Å². The predicted molar refractivity (Wildman–Crippen MR) is 161 cm³/mol. The fourth-order valence-electron chi connectivity index (χ4n) is 5.96. The Hall–Kier alpha value is -3.85. The Morgan fingerprint density at radius 1 is 1.05 bits per heavy atom. The molecule has 4 N–H and O–H groups in total. The second-order valence-electron chi connectivity index (χ2n) is 10.4. The highest BCUT2D eigenvalue weighted by molar-refractivity contribution is 6.35. The molecule has 4 aromatic rings. The molecule has 2 amide bonds. The quantitative estimate of drug-likeness (QED) is 0.257. The van der Waals surface area contributed by atoms with Crippen LogP contribution in [0.2, 0.25) is 0 Å². The fraction of sp³-hybridized carbons (Fsp3) is 0.233. The molecule has 2 aliphatic heterocycles. The number of amides is 2. The number of carbonyl (C=O) groups excluding carboxylic acids is 2. The monoisotopic (exact) mass is 576 g/mol. The molecule has 0 radical (unpaired) electrons. The van der Waals surface area contributed by atoms with E-state index in [0.29, 0.717) is 23.0 Å². The maximum Gasteiger partial charge on any atom is 0.256 e. The largest absolute Gasteiger partial charge is 0.358 e. The van der Waals surface area contributed by atoms with Gasteiger partial charge in [-0.05, 0) is 67.2 Å². The maximum atomic E-state index is 13.1. The van der Waals surface area contributed by atoms with Gasteiger partial charge in [0.2, 0.25) is 0 Å². The van der Waals surface area contributed by atoms with Crippen LogP contribution in [0, 0.1) is 25.7 Å². The molecule has 0 spiro atoms. The van der Waals surface area contributed by atoms with E-state index < -0.39 is 0 Å². The number of aryl methyl sites for hydroxylation is 1. The van der Waals surface area contributed by atoms with E-state index in [-0.39, 0.29) is 42.7 Å². The zero-order valence-corrected chi connectivity index (χ0v) is 23.7. The summed E-state index contributed by atoms with van der Waals surface area (Å²) in [6.07, 6.45) is 5.67. The molecule has 1 saturated heterocycles. The number of halogens is 2. The van der Waals surface area contributed by atoms with Crippen molar-refractivity contribution < 1.29 is 9.59 Å². The summed E-state index contributed by atoms with van der Waals surface area (Å²) in [6.45, 7) is 5.79. The van der Waals surface area contributed by atoms with Crippen molar-refractivity contribution in [1.82, 2.24) is 25.4 Å². The Morgan fingerprint density at radius 3 is 2.55 bits per heavy atom. The lowest BCUT2D eigenvalue weighted by Gasteiger charge is -2.08. The maximum absolute atomic E-state index is 13.1. The van der Waals surface area contributed by atoms with Crippen molar-refractivity contribution in [3.8, 4) is 16.8 Å². The van der Waals surface area contributed by atoms with Gasteiger partial charge in [-0.1, -0.05) is 24.3 Å². The minimum Gasteiger partial charge on any atom is -0.358 e. The number of anilines is 1. The first kappa shape index (κ1) is 27.7. The summed E-state index contributed by atoms with van der Waals surface area (Å²) in [7, 11) is 0. The topological polar surface area (TPSA) is 104 Å². The third-order valence-electron chi connectivity index (χ3n) is 8.12. The number of nitrogens with one attached hydrogen (secondary N) is 4. The fourth-order valence-corrected chi connectivity index (χ4v) is 5.96. The van der Waals surface area contributed by atoms with Crippen LogP contribution in [0.4, 0.5) is 5.69 Å². The third-order valence-corrected chi connectivity index (χ3v) is 8.12. The van der Waals surface area contributed by atoms with E-state index in [4.69, 9.17) is 0 Å². The van der Waals surface area contributed by atoms with Crippen molar-refractivity contribution in [1.29, 1.82) is 0 Å². The lowest BCUT2D eigenvalue weighted by molar-refractivity contribution is -0.110. The van der Waals surface area contributed by atoms with E-state index in [1.165, 1.54) is 0 Å². The molecule has 3 atom stereocenters. The number of H-pyrrole nitrogens is 1. The zero-order chi connectivity index (χ0) is 26.0.